The Morgan fingerprint density at radius 1 is 1.05 bits per heavy atom. The Bertz CT molecular complexity index is 1480. The van der Waals surface area contributed by atoms with Crippen molar-refractivity contribution in [2.24, 2.45) is 5.92 Å². The molecule has 1 atom stereocenters. The van der Waals surface area contributed by atoms with Crippen LogP contribution in [0.15, 0.2) is 53.6 Å². The molecule has 13 heteroatoms. The minimum absolute atomic E-state index is 0.0433. The molecule has 0 bridgehead atoms. The van der Waals surface area contributed by atoms with Crippen molar-refractivity contribution in [3.05, 3.63) is 59.8 Å². The van der Waals surface area contributed by atoms with Crippen molar-refractivity contribution in [1.82, 2.24) is 9.88 Å². The molecule has 3 rings (SSSR count). The molecule has 0 spiro atoms. The van der Waals surface area contributed by atoms with E-state index < -0.39 is 52.0 Å². The average Bonchev–Trinajstić information content (AvgIpc) is 3.14. The Morgan fingerprint density at radius 2 is 1.68 bits per heavy atom. The zero-order valence-electron chi connectivity index (χ0n) is 20.7. The van der Waals surface area contributed by atoms with Crippen LogP contribution in [0, 0.1) is 12.8 Å². The molecule has 0 saturated carbocycles. The molecular formula is C25H26F3N3O6S. The first-order chi connectivity index (χ1) is 17.6. The van der Waals surface area contributed by atoms with Crippen molar-refractivity contribution < 1.29 is 41.1 Å². The van der Waals surface area contributed by atoms with Crippen molar-refractivity contribution in [1.29, 1.82) is 0 Å². The van der Waals surface area contributed by atoms with Gasteiger partial charge in [0.25, 0.3) is 15.8 Å². The molecule has 0 aliphatic rings. The number of ketones is 1. The number of alkyl halides is 3. The van der Waals surface area contributed by atoms with E-state index in [1.807, 2.05) is 0 Å². The fourth-order valence-corrected chi connectivity index (χ4v) is 4.89. The van der Waals surface area contributed by atoms with Crippen molar-refractivity contribution in [2.75, 3.05) is 4.72 Å². The first kappa shape index (κ1) is 28.7. The number of Topliss-reactive ketones (excluding diaryl/α,β-unsaturated/α-hetero) is 1. The van der Waals surface area contributed by atoms with E-state index in [9.17, 15) is 41.1 Å². The number of nitrogens with one attached hydrogen (secondary N) is 2. The van der Waals surface area contributed by atoms with Gasteiger partial charge in [-0.3, -0.25) is 14.3 Å². The van der Waals surface area contributed by atoms with Crippen LogP contribution in [0.1, 0.15) is 36.2 Å². The number of aryl methyl sites for hydroxylation is 1. The van der Waals surface area contributed by atoms with E-state index in [-0.39, 0.29) is 33.8 Å². The number of amides is 1. The van der Waals surface area contributed by atoms with Crippen molar-refractivity contribution >= 4 is 44.3 Å². The van der Waals surface area contributed by atoms with Crippen LogP contribution in [-0.2, 0) is 26.2 Å². The molecule has 3 aromatic rings. The van der Waals surface area contributed by atoms with Crippen molar-refractivity contribution in [3.63, 3.8) is 0 Å². The predicted molar refractivity (Wildman–Crippen MR) is 133 cm³/mol. The topological polar surface area (TPSA) is 135 Å². The maximum Gasteiger partial charge on any atom is 0.454 e. The fourth-order valence-electron chi connectivity index (χ4n) is 3.84. The first-order valence-electron chi connectivity index (χ1n) is 11.4. The zero-order chi connectivity index (χ0) is 28.4. The first-order valence-corrected chi connectivity index (χ1v) is 12.9. The highest BCUT2D eigenvalue weighted by molar-refractivity contribution is 7.92. The van der Waals surface area contributed by atoms with Gasteiger partial charge < -0.3 is 15.0 Å². The number of sulfonamides is 1. The number of carboxylic acid groups (broad SMARTS) is 1. The van der Waals surface area contributed by atoms with E-state index in [1.165, 1.54) is 24.3 Å². The van der Waals surface area contributed by atoms with Crippen LogP contribution < -0.4 is 10.0 Å². The number of aliphatic carboxylic acids is 1. The van der Waals surface area contributed by atoms with E-state index in [2.05, 4.69) is 10.0 Å². The lowest BCUT2D eigenvalue weighted by Crippen LogP contribution is -2.43. The fraction of sp³-hybridized carbons (Fsp3) is 0.320. The second-order valence-corrected chi connectivity index (χ2v) is 10.9. The molecular weight excluding hydrogens is 527 g/mol. The number of halogens is 3. The summed E-state index contributed by atoms with van der Waals surface area (Å²) in [5.41, 5.74) is -0.0141. The number of anilines is 1. The summed E-state index contributed by atoms with van der Waals surface area (Å²) in [5.74, 6) is -4.28. The Labute approximate surface area is 216 Å². The molecule has 0 fully saturated rings. The highest BCUT2D eigenvalue weighted by Crippen LogP contribution is 2.31. The van der Waals surface area contributed by atoms with Crippen molar-refractivity contribution in [3.8, 4) is 0 Å². The van der Waals surface area contributed by atoms with Crippen LogP contribution in [0.5, 0.6) is 0 Å². The van der Waals surface area contributed by atoms with Gasteiger partial charge in [-0.25, -0.2) is 13.2 Å². The summed E-state index contributed by atoms with van der Waals surface area (Å²) in [7, 11) is -4.09. The SMILES string of the molecule is Cc1ccc(S(=O)(=O)Nc2ccc3c(c2)c(C(=O)C(F)(F)F)cn3CC(=O)NC(CC(C)C)C(=O)O)cc1. The molecule has 0 saturated heterocycles. The summed E-state index contributed by atoms with van der Waals surface area (Å²) in [6.07, 6.45) is -4.25. The number of benzene rings is 2. The maximum atomic E-state index is 13.3. The van der Waals surface area contributed by atoms with Crippen molar-refractivity contribution in [2.45, 2.75) is 50.9 Å². The smallest absolute Gasteiger partial charge is 0.454 e. The summed E-state index contributed by atoms with van der Waals surface area (Å²) in [6, 6.07) is 8.32. The number of nitrogens with zero attached hydrogens (tertiary/aromatic N) is 1. The number of rotatable bonds is 10. The maximum absolute atomic E-state index is 13.3. The van der Waals surface area contributed by atoms with Gasteiger partial charge in [0.2, 0.25) is 5.91 Å². The third-order valence-electron chi connectivity index (χ3n) is 5.62. The number of aromatic nitrogens is 1. The summed E-state index contributed by atoms with van der Waals surface area (Å²) in [5, 5.41) is 11.4. The summed E-state index contributed by atoms with van der Waals surface area (Å²) >= 11 is 0. The summed E-state index contributed by atoms with van der Waals surface area (Å²) in [6.45, 7) is 4.73. The van der Waals surface area contributed by atoms with Crippen LogP contribution in [0.2, 0.25) is 0 Å². The Balaban J connectivity index is 1.99. The molecule has 3 N–H and O–H groups in total. The van der Waals surface area contributed by atoms with Crippen LogP contribution in [0.25, 0.3) is 10.9 Å². The molecule has 0 aliphatic carbocycles. The number of carboxylic acids is 1. The zero-order valence-corrected chi connectivity index (χ0v) is 21.5. The van der Waals surface area contributed by atoms with Gasteiger partial charge in [0.05, 0.1) is 10.5 Å². The van der Waals surface area contributed by atoms with Crippen LogP contribution in [-0.4, -0.2) is 48.0 Å². The largest absolute Gasteiger partial charge is 0.480 e. The van der Waals surface area contributed by atoms with E-state index in [0.717, 1.165) is 22.4 Å². The molecule has 9 nitrogen and oxygen atoms in total. The molecule has 1 aromatic heterocycles. The molecule has 1 unspecified atom stereocenters. The Morgan fingerprint density at radius 3 is 2.24 bits per heavy atom. The summed E-state index contributed by atoms with van der Waals surface area (Å²) in [4.78, 5) is 36.1. The van der Waals surface area contributed by atoms with Gasteiger partial charge in [-0.2, -0.15) is 13.2 Å². The standard InChI is InChI=1S/C25H26F3N3O6S/c1-14(2)10-20(24(34)35)29-22(32)13-31-12-19(23(33)25(26,27)28)18-11-16(6-9-21(18)31)30-38(36,37)17-7-4-15(3)5-8-17/h4-9,11-12,14,20,30H,10,13H2,1-3H3,(H,29,32)(H,34,35). The number of hydrogen-bond acceptors (Lipinski definition) is 5. The number of carbonyl (C=O) groups is 3. The third-order valence-corrected chi connectivity index (χ3v) is 7.02. The molecule has 0 aliphatic heterocycles. The van der Waals surface area contributed by atoms with E-state index >= 15 is 0 Å². The second-order valence-electron chi connectivity index (χ2n) is 9.24. The minimum atomic E-state index is -5.23. The number of carbonyl (C=O) groups excluding carboxylic acids is 2. The van der Waals surface area contributed by atoms with Gasteiger partial charge in [-0.1, -0.05) is 31.5 Å². The lowest BCUT2D eigenvalue weighted by molar-refractivity contribution is -0.142. The number of hydrogen-bond donors (Lipinski definition) is 3. The van der Waals surface area contributed by atoms with Gasteiger partial charge in [0.15, 0.2) is 0 Å². The van der Waals surface area contributed by atoms with E-state index in [1.54, 1.807) is 32.9 Å². The number of fused-ring (bicyclic) bond motifs is 1. The van der Waals surface area contributed by atoms with E-state index in [4.69, 9.17) is 0 Å². The van der Waals surface area contributed by atoms with Gasteiger partial charge in [0, 0.05) is 22.8 Å². The predicted octanol–water partition coefficient (Wildman–Crippen LogP) is 4.11. The molecule has 38 heavy (non-hydrogen) atoms. The lowest BCUT2D eigenvalue weighted by Gasteiger charge is -2.17. The quantitative estimate of drug-likeness (QED) is 0.324. The molecule has 1 heterocycles. The minimum Gasteiger partial charge on any atom is -0.480 e. The van der Waals surface area contributed by atoms with Gasteiger partial charge >= 0.3 is 12.1 Å². The Hall–Kier alpha value is -3.87. The summed E-state index contributed by atoms with van der Waals surface area (Å²) < 4.78 is 68.8. The lowest BCUT2D eigenvalue weighted by atomic mass is 10.0. The normalized spacial score (nSPS) is 12.9. The molecule has 0 radical (unpaired) electrons. The van der Waals surface area contributed by atoms with Crippen LogP contribution in [0.3, 0.4) is 0 Å². The molecule has 204 valence electrons. The monoisotopic (exact) mass is 553 g/mol. The molecule has 2 aromatic carbocycles. The van der Waals surface area contributed by atoms with Gasteiger partial charge in [-0.15, -0.1) is 0 Å². The highest BCUT2D eigenvalue weighted by Gasteiger charge is 2.41. The third kappa shape index (κ3) is 6.71. The van der Waals surface area contributed by atoms with Crippen LogP contribution >= 0.6 is 0 Å². The van der Waals surface area contributed by atoms with Gasteiger partial charge in [0.1, 0.15) is 12.6 Å². The van der Waals surface area contributed by atoms with E-state index in [0.29, 0.717) is 0 Å². The van der Waals surface area contributed by atoms with Gasteiger partial charge in [-0.05, 0) is 49.6 Å². The second kappa shape index (κ2) is 10.9. The molecule has 1 amide bonds. The highest BCUT2D eigenvalue weighted by atomic mass is 32.2. The average molecular weight is 554 g/mol. The van der Waals surface area contributed by atoms with Crippen LogP contribution in [0.4, 0.5) is 18.9 Å². The Kier molecular flexibility index (Phi) is 8.20.